The summed E-state index contributed by atoms with van der Waals surface area (Å²) in [5.41, 5.74) is 0.998. The highest BCUT2D eigenvalue weighted by molar-refractivity contribution is 6.99. The van der Waals surface area contributed by atoms with Gasteiger partial charge in [0.05, 0.1) is 16.6 Å². The number of rotatable bonds is 4. The van der Waals surface area contributed by atoms with E-state index < -0.39 is 25.7 Å². The van der Waals surface area contributed by atoms with E-state index in [1.54, 1.807) is 24.4 Å². The molecule has 0 saturated heterocycles. The molecule has 0 amide bonds. The van der Waals surface area contributed by atoms with Gasteiger partial charge in [-0.3, -0.25) is 4.98 Å². The molecule has 0 spiro atoms. The van der Waals surface area contributed by atoms with Crippen LogP contribution in [0.2, 0.25) is 13.1 Å². The Labute approximate surface area is 166 Å². The van der Waals surface area contributed by atoms with Gasteiger partial charge in [0.1, 0.15) is 11.5 Å². The largest absolute Gasteiger partial charge is 0.257 e. The summed E-state index contributed by atoms with van der Waals surface area (Å²) in [5, 5.41) is 6.11. The monoisotopic (exact) mass is 410 g/mol. The summed E-state index contributed by atoms with van der Waals surface area (Å²) >= 11 is 0. The topological polar surface area (TPSA) is 43.6 Å². The van der Waals surface area contributed by atoms with E-state index in [0.29, 0.717) is 11.3 Å². The summed E-state index contributed by atoms with van der Waals surface area (Å²) in [7, 11) is -2.36. The van der Waals surface area contributed by atoms with E-state index in [9.17, 15) is 13.2 Å². The standard InChI is InChI=1S/C21H17F3N4Si/c1-29(2,19-7-3-6-17(26-19)15-5-4-11-25-21(15)24)20-10-12-28(27-20)18-9-8-14(22)13-16(18)23/h3-13H,1-2H3. The zero-order valence-electron chi connectivity index (χ0n) is 15.8. The molecule has 0 aliphatic carbocycles. The maximum Gasteiger partial charge on any atom is 0.222 e. The third-order valence-corrected chi connectivity index (χ3v) is 7.92. The Morgan fingerprint density at radius 3 is 2.48 bits per heavy atom. The summed E-state index contributed by atoms with van der Waals surface area (Å²) in [6, 6.07) is 13.9. The molecule has 29 heavy (non-hydrogen) atoms. The summed E-state index contributed by atoms with van der Waals surface area (Å²) in [4.78, 5) is 8.36. The fourth-order valence-corrected chi connectivity index (χ4v) is 5.12. The van der Waals surface area contributed by atoms with E-state index in [1.165, 1.54) is 23.0 Å². The minimum atomic E-state index is -2.36. The maximum atomic E-state index is 14.1. The second-order valence-electron chi connectivity index (χ2n) is 7.12. The van der Waals surface area contributed by atoms with Crippen molar-refractivity contribution in [2.75, 3.05) is 0 Å². The molecule has 146 valence electrons. The first kappa shape index (κ1) is 19.1. The van der Waals surface area contributed by atoms with Crippen LogP contribution in [0, 0.1) is 17.6 Å². The van der Waals surface area contributed by atoms with Gasteiger partial charge in [-0.15, -0.1) is 0 Å². The number of hydrogen-bond acceptors (Lipinski definition) is 3. The smallest absolute Gasteiger partial charge is 0.222 e. The average molecular weight is 410 g/mol. The molecule has 3 heterocycles. The molecule has 0 radical (unpaired) electrons. The fourth-order valence-electron chi connectivity index (χ4n) is 3.10. The zero-order chi connectivity index (χ0) is 20.6. The molecule has 0 aliphatic heterocycles. The fraction of sp³-hybridized carbons (Fsp3) is 0.0952. The summed E-state index contributed by atoms with van der Waals surface area (Å²) < 4.78 is 42.7. The highest BCUT2D eigenvalue weighted by atomic mass is 28.3. The molecule has 0 N–H and O–H groups in total. The van der Waals surface area contributed by atoms with Gasteiger partial charge in [0.15, 0.2) is 13.9 Å². The van der Waals surface area contributed by atoms with Crippen LogP contribution in [0.5, 0.6) is 0 Å². The predicted molar refractivity (Wildman–Crippen MR) is 108 cm³/mol. The highest BCUT2D eigenvalue weighted by Crippen LogP contribution is 2.18. The quantitative estimate of drug-likeness (QED) is 0.382. The van der Waals surface area contributed by atoms with Crippen molar-refractivity contribution >= 4 is 18.7 Å². The second-order valence-corrected chi connectivity index (χ2v) is 11.4. The molecule has 8 heteroatoms. The van der Waals surface area contributed by atoms with Gasteiger partial charge in [-0.2, -0.15) is 9.49 Å². The first-order valence-electron chi connectivity index (χ1n) is 8.96. The lowest BCUT2D eigenvalue weighted by molar-refractivity contribution is 0.574. The van der Waals surface area contributed by atoms with E-state index in [4.69, 9.17) is 0 Å². The SMILES string of the molecule is C[Si](C)(c1cccc(-c2cccnc2F)n1)c1ccn(-c2ccc(F)cc2F)n1. The van der Waals surface area contributed by atoms with Crippen LogP contribution >= 0.6 is 0 Å². The van der Waals surface area contributed by atoms with Crippen LogP contribution in [0.1, 0.15) is 0 Å². The lowest BCUT2D eigenvalue weighted by atomic mass is 10.2. The van der Waals surface area contributed by atoms with E-state index in [2.05, 4.69) is 28.2 Å². The van der Waals surface area contributed by atoms with Crippen molar-refractivity contribution in [1.82, 2.24) is 19.7 Å². The first-order chi connectivity index (χ1) is 13.9. The van der Waals surface area contributed by atoms with Crippen LogP contribution in [0.3, 0.4) is 0 Å². The normalized spacial score (nSPS) is 11.6. The van der Waals surface area contributed by atoms with Gasteiger partial charge in [0.2, 0.25) is 5.95 Å². The Morgan fingerprint density at radius 1 is 0.897 bits per heavy atom. The Bertz CT molecular complexity index is 1190. The second kappa shape index (κ2) is 7.29. The van der Waals surface area contributed by atoms with Gasteiger partial charge in [-0.05, 0) is 42.5 Å². The first-order valence-corrected chi connectivity index (χ1v) is 12.0. The van der Waals surface area contributed by atoms with Gasteiger partial charge >= 0.3 is 0 Å². The van der Waals surface area contributed by atoms with Crippen LogP contribution in [-0.4, -0.2) is 27.8 Å². The third-order valence-electron chi connectivity index (χ3n) is 4.81. The van der Waals surface area contributed by atoms with Gasteiger partial charge in [0, 0.05) is 23.8 Å². The van der Waals surface area contributed by atoms with Crippen molar-refractivity contribution in [1.29, 1.82) is 0 Å². The Balaban J connectivity index is 1.72. The van der Waals surface area contributed by atoms with E-state index in [1.807, 2.05) is 18.2 Å². The number of pyridine rings is 2. The summed E-state index contributed by atoms with van der Waals surface area (Å²) in [6.07, 6.45) is 3.04. The van der Waals surface area contributed by atoms with Crippen molar-refractivity contribution in [3.05, 3.63) is 84.6 Å². The number of halogens is 3. The van der Waals surface area contributed by atoms with Gasteiger partial charge in [0.25, 0.3) is 0 Å². The Kier molecular flexibility index (Phi) is 4.79. The minimum absolute atomic E-state index is 0.168. The van der Waals surface area contributed by atoms with Crippen LogP contribution in [0.25, 0.3) is 16.9 Å². The molecular formula is C21H17F3N4Si. The molecule has 0 aliphatic rings. The van der Waals surface area contributed by atoms with E-state index in [-0.39, 0.29) is 5.69 Å². The van der Waals surface area contributed by atoms with Crippen LogP contribution in [0.4, 0.5) is 13.2 Å². The molecule has 0 fully saturated rings. The summed E-state index contributed by atoms with van der Waals surface area (Å²) in [6.45, 7) is 4.12. The van der Waals surface area contributed by atoms with Crippen LogP contribution in [0.15, 0.2) is 67.0 Å². The molecule has 0 saturated carbocycles. The van der Waals surface area contributed by atoms with Crippen LogP contribution < -0.4 is 10.6 Å². The lowest BCUT2D eigenvalue weighted by Gasteiger charge is -2.20. The molecule has 4 aromatic rings. The molecule has 0 atom stereocenters. The highest BCUT2D eigenvalue weighted by Gasteiger charge is 2.31. The number of hydrogen-bond donors (Lipinski definition) is 0. The summed E-state index contributed by atoms with van der Waals surface area (Å²) in [5.74, 6) is -1.91. The maximum absolute atomic E-state index is 14.1. The molecule has 4 nitrogen and oxygen atoms in total. The van der Waals surface area contributed by atoms with Crippen molar-refractivity contribution < 1.29 is 13.2 Å². The lowest BCUT2D eigenvalue weighted by Crippen LogP contribution is -2.55. The number of nitrogens with zero attached hydrogens (tertiary/aromatic N) is 4. The van der Waals surface area contributed by atoms with Gasteiger partial charge in [-0.1, -0.05) is 19.2 Å². The van der Waals surface area contributed by atoms with Crippen molar-refractivity contribution in [2.45, 2.75) is 13.1 Å². The van der Waals surface area contributed by atoms with Crippen LogP contribution in [-0.2, 0) is 0 Å². The zero-order valence-corrected chi connectivity index (χ0v) is 16.8. The van der Waals surface area contributed by atoms with Gasteiger partial charge in [-0.25, -0.2) is 18.4 Å². The number of benzene rings is 1. The number of aromatic nitrogens is 4. The average Bonchev–Trinajstić information content (AvgIpc) is 3.19. The Morgan fingerprint density at radius 2 is 1.72 bits per heavy atom. The third kappa shape index (κ3) is 3.58. The van der Waals surface area contributed by atoms with Crippen molar-refractivity contribution in [3.63, 3.8) is 0 Å². The predicted octanol–water partition coefficient (Wildman–Crippen LogP) is 3.57. The van der Waals surface area contributed by atoms with Gasteiger partial charge < -0.3 is 0 Å². The van der Waals surface area contributed by atoms with Crippen molar-refractivity contribution in [3.8, 4) is 16.9 Å². The molecule has 1 aromatic carbocycles. The minimum Gasteiger partial charge on any atom is -0.257 e. The van der Waals surface area contributed by atoms with E-state index in [0.717, 1.165) is 16.7 Å². The van der Waals surface area contributed by atoms with E-state index >= 15 is 0 Å². The molecule has 0 unspecified atom stereocenters. The van der Waals surface area contributed by atoms with Crippen molar-refractivity contribution in [2.24, 2.45) is 0 Å². The molecule has 3 aromatic heterocycles. The molecule has 4 rings (SSSR count). The Hall–Kier alpha value is -3.26. The molecule has 0 bridgehead atoms. The molecular weight excluding hydrogens is 393 g/mol.